The summed E-state index contributed by atoms with van der Waals surface area (Å²) in [5.41, 5.74) is 0.694. The highest BCUT2D eigenvalue weighted by molar-refractivity contribution is 9.10. The molecule has 23 heavy (non-hydrogen) atoms. The first kappa shape index (κ1) is 18.1. The third-order valence-corrected chi connectivity index (χ3v) is 3.60. The molecule has 5 nitrogen and oxygen atoms in total. The highest BCUT2D eigenvalue weighted by Gasteiger charge is 2.20. The van der Waals surface area contributed by atoms with E-state index in [0.29, 0.717) is 19.2 Å². The van der Waals surface area contributed by atoms with Gasteiger partial charge in [-0.05, 0) is 57.4 Å². The molecule has 1 aliphatic carbocycles. The molecule has 2 rings (SSSR count). The number of carbonyl (C=O) groups excluding carboxylic acids is 1. The maximum absolute atomic E-state index is 11.5. The van der Waals surface area contributed by atoms with Crippen LogP contribution >= 0.6 is 15.9 Å². The summed E-state index contributed by atoms with van der Waals surface area (Å²) in [7, 11) is 0. The number of alkyl carbamates (subject to hydrolysis) is 1. The Morgan fingerprint density at radius 1 is 1.30 bits per heavy atom. The molecule has 0 aliphatic heterocycles. The lowest BCUT2D eigenvalue weighted by Gasteiger charge is -2.19. The smallest absolute Gasteiger partial charge is 0.407 e. The van der Waals surface area contributed by atoms with E-state index in [1.54, 1.807) is 0 Å². The second-order valence-electron chi connectivity index (χ2n) is 6.73. The molecule has 1 aromatic rings. The first-order valence-electron chi connectivity index (χ1n) is 7.94. The molecule has 0 bridgehead atoms. The maximum Gasteiger partial charge on any atom is 0.407 e. The SMILES string of the molecule is CC(C)(C)OC(=O)NCCOc1cc(Br)cc(CNC2CC2)c1. The Morgan fingerprint density at radius 3 is 2.70 bits per heavy atom. The van der Waals surface area contributed by atoms with E-state index in [2.05, 4.69) is 32.6 Å². The Morgan fingerprint density at radius 2 is 2.04 bits per heavy atom. The summed E-state index contributed by atoms with van der Waals surface area (Å²) in [6.07, 6.45) is 2.12. The molecule has 1 aliphatic rings. The fraction of sp³-hybridized carbons (Fsp3) is 0.588. The number of rotatable bonds is 7. The van der Waals surface area contributed by atoms with Gasteiger partial charge in [0.1, 0.15) is 18.0 Å². The van der Waals surface area contributed by atoms with Crippen molar-refractivity contribution < 1.29 is 14.3 Å². The fourth-order valence-electron chi connectivity index (χ4n) is 1.99. The summed E-state index contributed by atoms with van der Waals surface area (Å²) in [6.45, 7) is 7.14. The number of amides is 1. The molecule has 1 fully saturated rings. The lowest BCUT2D eigenvalue weighted by atomic mass is 10.2. The Kier molecular flexibility index (Phi) is 6.30. The average Bonchev–Trinajstić information content (AvgIpc) is 3.23. The zero-order valence-corrected chi connectivity index (χ0v) is 15.5. The van der Waals surface area contributed by atoms with Crippen molar-refractivity contribution in [3.8, 4) is 5.75 Å². The second kappa shape index (κ2) is 8.02. The summed E-state index contributed by atoms with van der Waals surface area (Å²) >= 11 is 3.50. The van der Waals surface area contributed by atoms with Crippen molar-refractivity contribution in [3.63, 3.8) is 0 Å². The maximum atomic E-state index is 11.5. The van der Waals surface area contributed by atoms with Crippen LogP contribution in [0, 0.1) is 0 Å². The van der Waals surface area contributed by atoms with Crippen LogP contribution in [0.4, 0.5) is 4.79 Å². The van der Waals surface area contributed by atoms with Gasteiger partial charge in [0.25, 0.3) is 0 Å². The number of halogens is 1. The second-order valence-corrected chi connectivity index (χ2v) is 7.64. The summed E-state index contributed by atoms with van der Waals surface area (Å²) in [5, 5.41) is 6.16. The van der Waals surface area contributed by atoms with Gasteiger partial charge in [-0.3, -0.25) is 0 Å². The Hall–Kier alpha value is -1.27. The predicted molar refractivity (Wildman–Crippen MR) is 93.7 cm³/mol. The quantitative estimate of drug-likeness (QED) is 0.705. The minimum Gasteiger partial charge on any atom is -0.492 e. The molecular formula is C17H25BrN2O3. The Balaban J connectivity index is 1.73. The molecule has 0 atom stereocenters. The van der Waals surface area contributed by atoms with Gasteiger partial charge in [0.05, 0.1) is 6.54 Å². The van der Waals surface area contributed by atoms with Crippen LogP contribution < -0.4 is 15.4 Å². The largest absolute Gasteiger partial charge is 0.492 e. The van der Waals surface area contributed by atoms with Crippen LogP contribution in [0.1, 0.15) is 39.2 Å². The topological polar surface area (TPSA) is 59.6 Å². The van der Waals surface area contributed by atoms with Gasteiger partial charge < -0.3 is 20.1 Å². The average molecular weight is 385 g/mol. The molecule has 6 heteroatoms. The van der Waals surface area contributed by atoms with E-state index in [0.717, 1.165) is 16.8 Å². The molecular weight excluding hydrogens is 360 g/mol. The molecule has 128 valence electrons. The van der Waals surface area contributed by atoms with Gasteiger partial charge in [-0.15, -0.1) is 0 Å². The van der Waals surface area contributed by atoms with Gasteiger partial charge >= 0.3 is 6.09 Å². The van der Waals surface area contributed by atoms with Gasteiger partial charge in [-0.25, -0.2) is 4.79 Å². The monoisotopic (exact) mass is 384 g/mol. The van der Waals surface area contributed by atoms with Crippen molar-refractivity contribution in [2.45, 2.75) is 51.8 Å². The molecule has 1 aromatic carbocycles. The normalized spacial score (nSPS) is 14.4. The first-order valence-corrected chi connectivity index (χ1v) is 8.74. The van der Waals surface area contributed by atoms with Crippen LogP contribution in [-0.4, -0.2) is 30.9 Å². The van der Waals surface area contributed by atoms with E-state index in [-0.39, 0.29) is 0 Å². The molecule has 1 amide bonds. The number of carbonyl (C=O) groups is 1. The lowest BCUT2D eigenvalue weighted by Crippen LogP contribution is -2.34. The zero-order valence-electron chi connectivity index (χ0n) is 13.9. The summed E-state index contributed by atoms with van der Waals surface area (Å²) in [6, 6.07) is 6.71. The van der Waals surface area contributed by atoms with Crippen LogP contribution in [0.3, 0.4) is 0 Å². The van der Waals surface area contributed by atoms with E-state index in [1.165, 1.54) is 18.4 Å². The molecule has 0 heterocycles. The third kappa shape index (κ3) is 7.70. The van der Waals surface area contributed by atoms with E-state index < -0.39 is 11.7 Å². The third-order valence-electron chi connectivity index (χ3n) is 3.14. The minimum atomic E-state index is -0.487. The number of hydrogen-bond donors (Lipinski definition) is 2. The summed E-state index contributed by atoms with van der Waals surface area (Å²) in [4.78, 5) is 11.5. The van der Waals surface area contributed by atoms with Gasteiger partial charge in [0.15, 0.2) is 0 Å². The van der Waals surface area contributed by atoms with E-state index in [1.807, 2.05) is 32.9 Å². The minimum absolute atomic E-state index is 0.394. The molecule has 0 aromatic heterocycles. The summed E-state index contributed by atoms with van der Waals surface area (Å²) in [5.74, 6) is 0.790. The molecule has 0 spiro atoms. The van der Waals surface area contributed by atoms with Crippen molar-refractivity contribution in [2.75, 3.05) is 13.2 Å². The van der Waals surface area contributed by atoms with E-state index in [9.17, 15) is 4.79 Å². The molecule has 0 unspecified atom stereocenters. The highest BCUT2D eigenvalue weighted by Crippen LogP contribution is 2.23. The van der Waals surface area contributed by atoms with Crippen LogP contribution in [-0.2, 0) is 11.3 Å². The van der Waals surface area contributed by atoms with Crippen molar-refractivity contribution in [3.05, 3.63) is 28.2 Å². The van der Waals surface area contributed by atoms with Crippen molar-refractivity contribution in [1.82, 2.24) is 10.6 Å². The van der Waals surface area contributed by atoms with Gasteiger partial charge in [0, 0.05) is 17.1 Å². The van der Waals surface area contributed by atoms with Gasteiger partial charge in [-0.1, -0.05) is 15.9 Å². The van der Waals surface area contributed by atoms with Crippen LogP contribution in [0.25, 0.3) is 0 Å². The molecule has 1 saturated carbocycles. The van der Waals surface area contributed by atoms with Gasteiger partial charge in [0.2, 0.25) is 0 Å². The number of hydrogen-bond acceptors (Lipinski definition) is 4. The number of benzene rings is 1. The molecule has 0 saturated heterocycles. The van der Waals surface area contributed by atoms with Gasteiger partial charge in [-0.2, -0.15) is 0 Å². The van der Waals surface area contributed by atoms with E-state index in [4.69, 9.17) is 9.47 Å². The number of nitrogens with one attached hydrogen (secondary N) is 2. The molecule has 2 N–H and O–H groups in total. The Labute approximate surface area is 146 Å². The predicted octanol–water partition coefficient (Wildman–Crippen LogP) is 3.60. The lowest BCUT2D eigenvalue weighted by molar-refractivity contribution is 0.0520. The van der Waals surface area contributed by atoms with Crippen LogP contribution in [0.5, 0.6) is 5.75 Å². The zero-order chi connectivity index (χ0) is 16.9. The van der Waals surface area contributed by atoms with E-state index >= 15 is 0 Å². The van der Waals surface area contributed by atoms with Crippen molar-refractivity contribution in [2.24, 2.45) is 0 Å². The first-order chi connectivity index (χ1) is 10.8. The van der Waals surface area contributed by atoms with Crippen LogP contribution in [0.15, 0.2) is 22.7 Å². The fourth-order valence-corrected chi connectivity index (χ4v) is 2.51. The molecule has 0 radical (unpaired) electrons. The van der Waals surface area contributed by atoms with Crippen molar-refractivity contribution >= 4 is 22.0 Å². The number of ether oxygens (including phenoxy) is 2. The van der Waals surface area contributed by atoms with Crippen molar-refractivity contribution in [1.29, 1.82) is 0 Å². The standard InChI is InChI=1S/C17H25BrN2O3/c1-17(2,3)23-16(21)19-6-7-22-15-9-12(8-13(18)10-15)11-20-14-4-5-14/h8-10,14,20H,4-7,11H2,1-3H3,(H,19,21). The van der Waals surface area contributed by atoms with Crippen LogP contribution in [0.2, 0.25) is 0 Å². The summed E-state index contributed by atoms with van der Waals surface area (Å²) < 4.78 is 11.9. The Bertz CT molecular complexity index is 539. The highest BCUT2D eigenvalue weighted by atomic mass is 79.9.